The van der Waals surface area contributed by atoms with Crippen molar-refractivity contribution in [3.8, 4) is 16.9 Å². The van der Waals surface area contributed by atoms with Crippen LogP contribution in [-0.4, -0.2) is 22.0 Å². The van der Waals surface area contributed by atoms with E-state index in [-0.39, 0.29) is 0 Å². The van der Waals surface area contributed by atoms with E-state index >= 15 is 0 Å². The molecule has 1 aromatic heterocycles. The molecular weight excluding hydrogens is 236 g/mol. The molecule has 0 saturated heterocycles. The monoisotopic (exact) mass is 250 g/mol. The Balaban J connectivity index is 2.09. The third-order valence-corrected chi connectivity index (χ3v) is 3.00. The van der Waals surface area contributed by atoms with E-state index in [2.05, 4.69) is 27.8 Å². The minimum Gasteiger partial charge on any atom is -0.388 e. The average Bonchev–Trinajstić information content (AvgIpc) is 2.98. The lowest BCUT2D eigenvalue weighted by Crippen LogP contribution is -1.99. The molecule has 1 heterocycles. The van der Waals surface area contributed by atoms with Crippen molar-refractivity contribution in [1.29, 1.82) is 0 Å². The number of nitrogens with zero attached hydrogens (tertiary/aromatic N) is 3. The van der Waals surface area contributed by atoms with Gasteiger partial charge >= 0.3 is 0 Å². The van der Waals surface area contributed by atoms with Gasteiger partial charge in [0.05, 0.1) is 17.6 Å². The zero-order valence-corrected chi connectivity index (χ0v) is 10.6. The van der Waals surface area contributed by atoms with Gasteiger partial charge in [-0.2, -0.15) is 0 Å². The fraction of sp³-hybridized carbons (Fsp3) is 0.0667. The van der Waals surface area contributed by atoms with Gasteiger partial charge in [0.1, 0.15) is 0 Å². The number of hydrogen-bond acceptors (Lipinski definition) is 3. The number of rotatable bonds is 3. The summed E-state index contributed by atoms with van der Waals surface area (Å²) in [7, 11) is 1.91. The van der Waals surface area contributed by atoms with Crippen LogP contribution < -0.4 is 5.32 Å². The molecule has 0 unspecified atom stereocenters. The van der Waals surface area contributed by atoms with Crippen molar-refractivity contribution < 1.29 is 0 Å². The Morgan fingerprint density at radius 2 is 1.84 bits per heavy atom. The summed E-state index contributed by atoms with van der Waals surface area (Å²) < 4.78 is 1.84. The molecular formula is C15H14N4. The SMILES string of the molecule is CNc1cccc(-c2cnnn2-c2ccccc2)c1. The molecule has 0 saturated carbocycles. The fourth-order valence-corrected chi connectivity index (χ4v) is 2.03. The van der Waals surface area contributed by atoms with Gasteiger partial charge in [-0.05, 0) is 24.3 Å². The van der Waals surface area contributed by atoms with E-state index in [1.54, 1.807) is 6.20 Å². The maximum Gasteiger partial charge on any atom is 0.0945 e. The Morgan fingerprint density at radius 1 is 1.00 bits per heavy atom. The van der Waals surface area contributed by atoms with Crippen molar-refractivity contribution in [3.05, 3.63) is 60.8 Å². The van der Waals surface area contributed by atoms with Gasteiger partial charge in [-0.3, -0.25) is 0 Å². The third kappa shape index (κ3) is 2.20. The lowest BCUT2D eigenvalue weighted by molar-refractivity contribution is 0.808. The van der Waals surface area contributed by atoms with E-state index < -0.39 is 0 Å². The molecule has 0 fully saturated rings. The van der Waals surface area contributed by atoms with Crippen molar-refractivity contribution >= 4 is 5.69 Å². The zero-order valence-electron chi connectivity index (χ0n) is 10.6. The molecule has 2 aromatic carbocycles. The highest BCUT2D eigenvalue weighted by molar-refractivity contribution is 5.66. The highest BCUT2D eigenvalue weighted by Crippen LogP contribution is 2.23. The second kappa shape index (κ2) is 4.94. The van der Waals surface area contributed by atoms with Crippen LogP contribution >= 0.6 is 0 Å². The molecule has 1 N–H and O–H groups in total. The summed E-state index contributed by atoms with van der Waals surface area (Å²) in [6.07, 6.45) is 1.78. The van der Waals surface area contributed by atoms with E-state index in [1.807, 2.05) is 54.2 Å². The highest BCUT2D eigenvalue weighted by Gasteiger charge is 2.08. The van der Waals surface area contributed by atoms with Gasteiger partial charge in [-0.25, -0.2) is 4.68 Å². The fourth-order valence-electron chi connectivity index (χ4n) is 2.03. The van der Waals surface area contributed by atoms with Gasteiger partial charge in [-0.15, -0.1) is 5.10 Å². The first-order valence-electron chi connectivity index (χ1n) is 6.13. The first-order chi connectivity index (χ1) is 9.38. The average molecular weight is 250 g/mol. The van der Waals surface area contributed by atoms with Crippen LogP contribution in [-0.2, 0) is 0 Å². The molecule has 0 atom stereocenters. The lowest BCUT2D eigenvalue weighted by atomic mass is 10.1. The van der Waals surface area contributed by atoms with E-state index in [0.29, 0.717) is 0 Å². The van der Waals surface area contributed by atoms with Crippen LogP contribution in [0.15, 0.2) is 60.8 Å². The molecule has 4 nitrogen and oxygen atoms in total. The predicted octanol–water partition coefficient (Wildman–Crippen LogP) is 2.98. The molecule has 0 aliphatic heterocycles. The van der Waals surface area contributed by atoms with Gasteiger partial charge in [0, 0.05) is 18.3 Å². The van der Waals surface area contributed by atoms with E-state index in [1.165, 1.54) is 0 Å². The normalized spacial score (nSPS) is 10.4. The predicted molar refractivity (Wildman–Crippen MR) is 76.3 cm³/mol. The van der Waals surface area contributed by atoms with Crippen LogP contribution in [0.1, 0.15) is 0 Å². The zero-order chi connectivity index (χ0) is 13.1. The Kier molecular flexibility index (Phi) is 2.98. The molecule has 0 amide bonds. The van der Waals surface area contributed by atoms with Crippen molar-refractivity contribution in [1.82, 2.24) is 15.0 Å². The van der Waals surface area contributed by atoms with Crippen molar-refractivity contribution in [2.45, 2.75) is 0 Å². The molecule has 0 bridgehead atoms. The van der Waals surface area contributed by atoms with Gasteiger partial charge in [0.2, 0.25) is 0 Å². The summed E-state index contributed by atoms with van der Waals surface area (Å²) in [5.41, 5.74) is 4.13. The lowest BCUT2D eigenvalue weighted by Gasteiger charge is -2.07. The summed E-state index contributed by atoms with van der Waals surface area (Å²) >= 11 is 0. The second-order valence-corrected chi connectivity index (χ2v) is 4.20. The van der Waals surface area contributed by atoms with Crippen molar-refractivity contribution in [2.75, 3.05) is 12.4 Å². The molecule has 0 spiro atoms. The third-order valence-electron chi connectivity index (χ3n) is 3.00. The Labute approximate surface area is 111 Å². The standard InChI is InChI=1S/C15H14N4/c1-16-13-7-5-6-12(10-13)15-11-17-18-19(15)14-8-3-2-4-9-14/h2-11,16H,1H3. The maximum atomic E-state index is 4.16. The maximum absolute atomic E-state index is 4.16. The Hall–Kier alpha value is -2.62. The largest absolute Gasteiger partial charge is 0.388 e. The van der Waals surface area contributed by atoms with Crippen LogP contribution in [0.25, 0.3) is 16.9 Å². The molecule has 4 heteroatoms. The van der Waals surface area contributed by atoms with Gasteiger partial charge in [0.25, 0.3) is 0 Å². The highest BCUT2D eigenvalue weighted by atomic mass is 15.4. The number of benzene rings is 2. The number of nitrogens with one attached hydrogen (secondary N) is 1. The van der Waals surface area contributed by atoms with Gasteiger partial charge in [-0.1, -0.05) is 35.5 Å². The Bertz CT molecular complexity index is 673. The molecule has 19 heavy (non-hydrogen) atoms. The minimum atomic E-state index is 0.975. The van der Waals surface area contributed by atoms with Crippen LogP contribution in [0.4, 0.5) is 5.69 Å². The quantitative estimate of drug-likeness (QED) is 0.777. The number of hydrogen-bond donors (Lipinski definition) is 1. The molecule has 3 aromatic rings. The molecule has 3 rings (SSSR count). The summed E-state index contributed by atoms with van der Waals surface area (Å²) in [4.78, 5) is 0. The van der Waals surface area contributed by atoms with E-state index in [9.17, 15) is 0 Å². The number of aromatic nitrogens is 3. The topological polar surface area (TPSA) is 42.7 Å². The first-order valence-corrected chi connectivity index (χ1v) is 6.13. The van der Waals surface area contributed by atoms with Gasteiger partial charge < -0.3 is 5.32 Å². The summed E-state index contributed by atoms with van der Waals surface area (Å²) in [5.74, 6) is 0. The molecule has 0 radical (unpaired) electrons. The second-order valence-electron chi connectivity index (χ2n) is 4.20. The first kappa shape index (κ1) is 11.5. The van der Waals surface area contributed by atoms with Crippen LogP contribution in [0, 0.1) is 0 Å². The molecule has 0 aliphatic carbocycles. The minimum absolute atomic E-state index is 0.975. The van der Waals surface area contributed by atoms with Crippen molar-refractivity contribution in [3.63, 3.8) is 0 Å². The summed E-state index contributed by atoms with van der Waals surface area (Å²) in [6.45, 7) is 0. The molecule has 0 aliphatic rings. The van der Waals surface area contributed by atoms with Crippen LogP contribution in [0.5, 0.6) is 0 Å². The van der Waals surface area contributed by atoms with Gasteiger partial charge in [0.15, 0.2) is 0 Å². The summed E-state index contributed by atoms with van der Waals surface area (Å²) in [6, 6.07) is 18.2. The van der Waals surface area contributed by atoms with Crippen molar-refractivity contribution in [2.24, 2.45) is 0 Å². The van der Waals surface area contributed by atoms with E-state index in [0.717, 1.165) is 22.6 Å². The number of anilines is 1. The van der Waals surface area contributed by atoms with Crippen LogP contribution in [0.3, 0.4) is 0 Å². The Morgan fingerprint density at radius 3 is 2.63 bits per heavy atom. The van der Waals surface area contributed by atoms with Crippen LogP contribution in [0.2, 0.25) is 0 Å². The molecule has 94 valence electrons. The summed E-state index contributed by atoms with van der Waals surface area (Å²) in [5, 5.41) is 11.3. The van der Waals surface area contributed by atoms with E-state index in [4.69, 9.17) is 0 Å². The number of para-hydroxylation sites is 1. The smallest absolute Gasteiger partial charge is 0.0945 e.